The Labute approximate surface area is 82.5 Å². The average molecular weight is 184 g/mol. The van der Waals surface area contributed by atoms with Crippen LogP contribution in [0.5, 0.6) is 0 Å². The molecule has 1 aliphatic rings. The van der Waals surface area contributed by atoms with Crippen LogP contribution in [0.4, 0.5) is 0 Å². The summed E-state index contributed by atoms with van der Waals surface area (Å²) < 4.78 is 0. The van der Waals surface area contributed by atoms with Crippen molar-refractivity contribution >= 4 is 0 Å². The summed E-state index contributed by atoms with van der Waals surface area (Å²) >= 11 is 0. The van der Waals surface area contributed by atoms with E-state index in [0.29, 0.717) is 6.04 Å². The minimum atomic E-state index is 0.615. The molecule has 0 radical (unpaired) electrons. The highest BCUT2D eigenvalue weighted by molar-refractivity contribution is 4.78. The molecule has 0 aromatic rings. The molecule has 0 saturated heterocycles. The van der Waals surface area contributed by atoms with E-state index in [-0.39, 0.29) is 0 Å². The van der Waals surface area contributed by atoms with Crippen molar-refractivity contribution in [1.82, 2.24) is 10.6 Å². The minimum Gasteiger partial charge on any atom is -0.313 e. The number of hydrogen-bond acceptors (Lipinski definition) is 2. The monoisotopic (exact) mass is 184 g/mol. The van der Waals surface area contributed by atoms with Crippen LogP contribution in [0.15, 0.2) is 0 Å². The molecule has 78 valence electrons. The Hall–Kier alpha value is -0.0800. The summed E-state index contributed by atoms with van der Waals surface area (Å²) in [6.45, 7) is 8.96. The third-order valence-electron chi connectivity index (χ3n) is 2.81. The van der Waals surface area contributed by atoms with Gasteiger partial charge in [0.25, 0.3) is 0 Å². The van der Waals surface area contributed by atoms with Gasteiger partial charge in [0, 0.05) is 25.2 Å². The zero-order valence-corrected chi connectivity index (χ0v) is 9.27. The average Bonchev–Trinajstić information content (AvgIpc) is 2.45. The maximum atomic E-state index is 3.60. The highest BCUT2D eigenvalue weighted by Gasteiger charge is 2.19. The number of hydrogen-bond donors (Lipinski definition) is 2. The molecule has 1 aliphatic carbocycles. The zero-order valence-electron chi connectivity index (χ0n) is 9.27. The Morgan fingerprint density at radius 1 is 1.23 bits per heavy atom. The van der Waals surface area contributed by atoms with Crippen molar-refractivity contribution in [3.05, 3.63) is 0 Å². The van der Waals surface area contributed by atoms with Crippen LogP contribution in [0, 0.1) is 5.92 Å². The lowest BCUT2D eigenvalue weighted by Crippen LogP contribution is -2.35. The molecule has 1 rings (SSSR count). The number of rotatable bonds is 5. The normalized spacial score (nSPS) is 28.6. The van der Waals surface area contributed by atoms with Gasteiger partial charge >= 0.3 is 0 Å². The summed E-state index contributed by atoms with van der Waals surface area (Å²) in [5, 5.41) is 7.02. The predicted molar refractivity (Wildman–Crippen MR) is 57.9 cm³/mol. The van der Waals surface area contributed by atoms with Crippen molar-refractivity contribution in [2.24, 2.45) is 5.92 Å². The fraction of sp³-hybridized carbons (Fsp3) is 1.00. The predicted octanol–water partition coefficient (Wildman–Crippen LogP) is 1.76. The Morgan fingerprint density at radius 2 is 2.00 bits per heavy atom. The summed E-state index contributed by atoms with van der Waals surface area (Å²) in [4.78, 5) is 0. The molecular formula is C11H24N2. The lowest BCUT2D eigenvalue weighted by Gasteiger charge is -2.13. The van der Waals surface area contributed by atoms with E-state index in [1.807, 2.05) is 0 Å². The largest absolute Gasteiger partial charge is 0.313 e. The molecule has 0 spiro atoms. The first-order valence-corrected chi connectivity index (χ1v) is 5.65. The van der Waals surface area contributed by atoms with E-state index in [0.717, 1.165) is 25.0 Å². The molecule has 1 saturated carbocycles. The van der Waals surface area contributed by atoms with E-state index in [2.05, 4.69) is 31.4 Å². The van der Waals surface area contributed by atoms with Crippen molar-refractivity contribution in [3.63, 3.8) is 0 Å². The second-order valence-corrected chi connectivity index (χ2v) is 4.68. The van der Waals surface area contributed by atoms with Gasteiger partial charge in [-0.2, -0.15) is 0 Å². The second-order valence-electron chi connectivity index (χ2n) is 4.68. The van der Waals surface area contributed by atoms with E-state index in [9.17, 15) is 0 Å². The molecule has 0 amide bonds. The van der Waals surface area contributed by atoms with Crippen LogP contribution >= 0.6 is 0 Å². The summed E-state index contributed by atoms with van der Waals surface area (Å²) in [6, 6.07) is 1.41. The molecule has 2 nitrogen and oxygen atoms in total. The van der Waals surface area contributed by atoms with Crippen molar-refractivity contribution in [1.29, 1.82) is 0 Å². The first-order valence-electron chi connectivity index (χ1n) is 5.65. The maximum Gasteiger partial charge on any atom is 0.00794 e. The first-order chi connectivity index (χ1) is 6.18. The van der Waals surface area contributed by atoms with Crippen LogP contribution in [0.3, 0.4) is 0 Å². The molecule has 0 aromatic heterocycles. The highest BCUT2D eigenvalue weighted by atomic mass is 15.0. The van der Waals surface area contributed by atoms with Crippen LogP contribution in [-0.4, -0.2) is 25.2 Å². The van der Waals surface area contributed by atoms with Gasteiger partial charge in [-0.1, -0.05) is 20.8 Å². The van der Waals surface area contributed by atoms with Gasteiger partial charge < -0.3 is 10.6 Å². The molecular weight excluding hydrogens is 160 g/mol. The lowest BCUT2D eigenvalue weighted by atomic mass is 10.1. The van der Waals surface area contributed by atoms with Crippen LogP contribution in [-0.2, 0) is 0 Å². The minimum absolute atomic E-state index is 0.615. The molecule has 0 heterocycles. The third kappa shape index (κ3) is 4.63. The van der Waals surface area contributed by atoms with E-state index in [1.165, 1.54) is 19.3 Å². The van der Waals surface area contributed by atoms with Crippen LogP contribution in [0.1, 0.15) is 40.0 Å². The Morgan fingerprint density at radius 3 is 2.54 bits per heavy atom. The topological polar surface area (TPSA) is 24.1 Å². The van der Waals surface area contributed by atoms with Crippen LogP contribution in [0.2, 0.25) is 0 Å². The van der Waals surface area contributed by atoms with Crippen LogP contribution < -0.4 is 10.6 Å². The summed E-state index contributed by atoms with van der Waals surface area (Å²) in [5.74, 6) is 0.940. The summed E-state index contributed by atoms with van der Waals surface area (Å²) in [6.07, 6.45) is 4.17. The molecule has 0 bridgehead atoms. The van der Waals surface area contributed by atoms with Gasteiger partial charge in [0.05, 0.1) is 0 Å². The van der Waals surface area contributed by atoms with Gasteiger partial charge in [0.2, 0.25) is 0 Å². The van der Waals surface area contributed by atoms with E-state index < -0.39 is 0 Å². The summed E-state index contributed by atoms with van der Waals surface area (Å²) in [5.41, 5.74) is 0. The fourth-order valence-electron chi connectivity index (χ4n) is 2.03. The SMILES string of the molecule is CC1CCC(NCCNC(C)C)C1. The quantitative estimate of drug-likeness (QED) is 0.636. The molecule has 2 heteroatoms. The van der Waals surface area contributed by atoms with Gasteiger partial charge in [-0.3, -0.25) is 0 Å². The highest BCUT2D eigenvalue weighted by Crippen LogP contribution is 2.24. The molecule has 0 aliphatic heterocycles. The molecule has 13 heavy (non-hydrogen) atoms. The first kappa shape index (κ1) is 11.0. The Bertz CT molecular complexity index is 134. The summed E-state index contributed by atoms with van der Waals surface area (Å²) in [7, 11) is 0. The fourth-order valence-corrected chi connectivity index (χ4v) is 2.03. The van der Waals surface area contributed by atoms with E-state index >= 15 is 0 Å². The standard InChI is InChI=1S/C11H24N2/c1-9(2)12-6-7-13-11-5-4-10(3)8-11/h9-13H,4-8H2,1-3H3. The molecule has 0 aromatic carbocycles. The van der Waals surface area contributed by atoms with Crippen molar-refractivity contribution in [2.75, 3.05) is 13.1 Å². The van der Waals surface area contributed by atoms with Crippen molar-refractivity contribution in [3.8, 4) is 0 Å². The van der Waals surface area contributed by atoms with Gasteiger partial charge in [-0.15, -0.1) is 0 Å². The Kier molecular flexibility index (Phi) is 4.74. The molecule has 2 unspecified atom stereocenters. The van der Waals surface area contributed by atoms with E-state index in [4.69, 9.17) is 0 Å². The number of nitrogens with one attached hydrogen (secondary N) is 2. The smallest absolute Gasteiger partial charge is 0.00794 e. The zero-order chi connectivity index (χ0) is 9.68. The molecule has 1 fully saturated rings. The molecule has 2 atom stereocenters. The van der Waals surface area contributed by atoms with Gasteiger partial charge in [-0.05, 0) is 25.2 Å². The Balaban J connectivity index is 1.94. The lowest BCUT2D eigenvalue weighted by molar-refractivity contribution is 0.480. The third-order valence-corrected chi connectivity index (χ3v) is 2.81. The van der Waals surface area contributed by atoms with Crippen molar-refractivity contribution in [2.45, 2.75) is 52.1 Å². The van der Waals surface area contributed by atoms with Crippen molar-refractivity contribution < 1.29 is 0 Å². The maximum absolute atomic E-state index is 3.60. The van der Waals surface area contributed by atoms with E-state index in [1.54, 1.807) is 0 Å². The van der Waals surface area contributed by atoms with Gasteiger partial charge in [0.1, 0.15) is 0 Å². The van der Waals surface area contributed by atoms with Gasteiger partial charge in [-0.25, -0.2) is 0 Å². The molecule has 2 N–H and O–H groups in total. The van der Waals surface area contributed by atoms with Crippen LogP contribution in [0.25, 0.3) is 0 Å². The van der Waals surface area contributed by atoms with Gasteiger partial charge in [0.15, 0.2) is 0 Å². The second kappa shape index (κ2) is 5.61.